The van der Waals surface area contributed by atoms with Crippen molar-refractivity contribution >= 4 is 5.91 Å². The molecule has 1 aliphatic rings. The minimum Gasteiger partial charge on any atom is -0.488 e. The molecule has 0 fully saturated rings. The van der Waals surface area contributed by atoms with Gasteiger partial charge < -0.3 is 10.1 Å². The topological polar surface area (TPSA) is 73.2 Å². The predicted molar refractivity (Wildman–Crippen MR) is 80.8 cm³/mol. The van der Waals surface area contributed by atoms with E-state index in [2.05, 4.69) is 10.4 Å². The quantitative estimate of drug-likeness (QED) is 0.900. The van der Waals surface area contributed by atoms with Crippen LogP contribution in [0.3, 0.4) is 0 Å². The van der Waals surface area contributed by atoms with Crippen LogP contribution in [0.4, 0.5) is 0 Å². The fraction of sp³-hybridized carbons (Fsp3) is 0.312. The van der Waals surface area contributed by atoms with Gasteiger partial charge in [-0.05, 0) is 24.6 Å². The fourth-order valence-electron chi connectivity index (χ4n) is 2.45. The highest BCUT2D eigenvalue weighted by atomic mass is 16.5. The second kappa shape index (κ2) is 6.01. The van der Waals surface area contributed by atoms with Crippen LogP contribution < -0.4 is 15.6 Å². The average molecular weight is 299 g/mol. The molecule has 2 aromatic rings. The Kier molecular flexibility index (Phi) is 3.91. The van der Waals surface area contributed by atoms with Gasteiger partial charge in [0.05, 0.1) is 12.2 Å². The van der Waals surface area contributed by atoms with Crippen LogP contribution in [0.15, 0.2) is 41.2 Å². The number of aryl methyl sites for hydroxylation is 1. The van der Waals surface area contributed by atoms with E-state index in [1.54, 1.807) is 13.0 Å². The summed E-state index contributed by atoms with van der Waals surface area (Å²) in [5.41, 5.74) is 1.56. The minimum absolute atomic E-state index is 0.0662. The lowest BCUT2D eigenvalue weighted by atomic mass is 10.1. The summed E-state index contributed by atoms with van der Waals surface area (Å²) in [6.45, 7) is 2.10. The summed E-state index contributed by atoms with van der Waals surface area (Å²) >= 11 is 0. The monoisotopic (exact) mass is 299 g/mol. The van der Waals surface area contributed by atoms with E-state index < -0.39 is 0 Å². The zero-order valence-electron chi connectivity index (χ0n) is 12.3. The van der Waals surface area contributed by atoms with Crippen LogP contribution in [-0.4, -0.2) is 28.3 Å². The molecule has 0 saturated heterocycles. The first-order valence-electron chi connectivity index (χ1n) is 7.18. The van der Waals surface area contributed by atoms with Gasteiger partial charge in [-0.1, -0.05) is 18.2 Å². The third kappa shape index (κ3) is 3.16. The van der Waals surface area contributed by atoms with Gasteiger partial charge in [-0.15, -0.1) is 0 Å². The van der Waals surface area contributed by atoms with Crippen molar-refractivity contribution in [1.82, 2.24) is 15.1 Å². The van der Waals surface area contributed by atoms with E-state index in [1.807, 2.05) is 24.3 Å². The molecule has 114 valence electrons. The van der Waals surface area contributed by atoms with E-state index in [0.29, 0.717) is 12.2 Å². The number of nitrogens with one attached hydrogen (secondary N) is 1. The standard InChI is InChI=1S/C16H17N3O3/c1-11-6-7-16(21)19(18-11)10-15(20)17-9-13-8-12-4-2-3-5-14(12)22-13/h2-7,13H,8-10H2,1H3,(H,17,20)/t13-/m0/s1. The summed E-state index contributed by atoms with van der Waals surface area (Å²) < 4.78 is 6.91. The van der Waals surface area contributed by atoms with Gasteiger partial charge in [0.1, 0.15) is 18.4 Å². The lowest BCUT2D eigenvalue weighted by Gasteiger charge is -2.12. The van der Waals surface area contributed by atoms with E-state index in [-0.39, 0.29) is 24.1 Å². The molecule has 0 radical (unpaired) electrons. The third-order valence-corrected chi connectivity index (χ3v) is 3.53. The Hall–Kier alpha value is -2.63. The zero-order valence-corrected chi connectivity index (χ0v) is 12.3. The van der Waals surface area contributed by atoms with Crippen LogP contribution in [0.5, 0.6) is 5.75 Å². The fourth-order valence-corrected chi connectivity index (χ4v) is 2.45. The molecule has 0 bridgehead atoms. The number of amides is 1. The van der Waals surface area contributed by atoms with Crippen molar-refractivity contribution in [2.45, 2.75) is 26.0 Å². The van der Waals surface area contributed by atoms with Gasteiger partial charge in [0.15, 0.2) is 0 Å². The molecule has 6 heteroatoms. The van der Waals surface area contributed by atoms with Crippen LogP contribution in [-0.2, 0) is 17.8 Å². The number of hydrogen-bond donors (Lipinski definition) is 1. The number of nitrogens with zero attached hydrogens (tertiary/aromatic N) is 2. The number of rotatable bonds is 4. The van der Waals surface area contributed by atoms with Gasteiger partial charge in [-0.2, -0.15) is 5.10 Å². The lowest BCUT2D eigenvalue weighted by Crippen LogP contribution is -2.38. The number of aromatic nitrogens is 2. The summed E-state index contributed by atoms with van der Waals surface area (Å²) in [4.78, 5) is 23.6. The number of carbonyl (C=O) groups excluding carboxylic acids is 1. The molecule has 1 aliphatic heterocycles. The molecule has 1 aromatic heterocycles. The van der Waals surface area contributed by atoms with E-state index >= 15 is 0 Å². The maximum Gasteiger partial charge on any atom is 0.267 e. The number of carbonyl (C=O) groups is 1. The summed E-state index contributed by atoms with van der Waals surface area (Å²) in [6.07, 6.45) is 0.711. The zero-order chi connectivity index (χ0) is 15.5. The van der Waals surface area contributed by atoms with Gasteiger partial charge in [-0.3, -0.25) is 9.59 Å². The van der Waals surface area contributed by atoms with E-state index in [1.165, 1.54) is 6.07 Å². The van der Waals surface area contributed by atoms with Crippen LogP contribution in [0.25, 0.3) is 0 Å². The Balaban J connectivity index is 1.53. The first-order valence-corrected chi connectivity index (χ1v) is 7.18. The number of benzene rings is 1. The minimum atomic E-state index is -0.287. The lowest BCUT2D eigenvalue weighted by molar-refractivity contribution is -0.122. The van der Waals surface area contributed by atoms with Crippen LogP contribution >= 0.6 is 0 Å². The number of hydrogen-bond acceptors (Lipinski definition) is 4. The molecule has 0 spiro atoms. The molecular formula is C16H17N3O3. The van der Waals surface area contributed by atoms with Crippen molar-refractivity contribution in [3.8, 4) is 5.75 Å². The SMILES string of the molecule is Cc1ccc(=O)n(CC(=O)NC[C@@H]2Cc3ccccc3O2)n1. The molecule has 0 saturated carbocycles. The van der Waals surface area contributed by atoms with Gasteiger partial charge in [0, 0.05) is 12.5 Å². The summed E-state index contributed by atoms with van der Waals surface area (Å²) in [7, 11) is 0. The molecule has 2 heterocycles. The summed E-state index contributed by atoms with van der Waals surface area (Å²) in [5, 5.41) is 6.83. The van der Waals surface area contributed by atoms with Gasteiger partial charge in [0.2, 0.25) is 5.91 Å². The van der Waals surface area contributed by atoms with Crippen LogP contribution in [0.1, 0.15) is 11.3 Å². The molecule has 6 nitrogen and oxygen atoms in total. The Morgan fingerprint density at radius 2 is 2.18 bits per heavy atom. The molecule has 1 amide bonds. The van der Waals surface area contributed by atoms with Crippen molar-refractivity contribution in [2.75, 3.05) is 6.54 Å². The highest BCUT2D eigenvalue weighted by Gasteiger charge is 2.22. The van der Waals surface area contributed by atoms with Crippen molar-refractivity contribution in [1.29, 1.82) is 0 Å². The normalized spacial score (nSPS) is 16.0. The highest BCUT2D eigenvalue weighted by Crippen LogP contribution is 2.27. The molecule has 22 heavy (non-hydrogen) atoms. The molecule has 0 aliphatic carbocycles. The number of ether oxygens (including phenoxy) is 1. The molecule has 1 atom stereocenters. The van der Waals surface area contributed by atoms with Crippen LogP contribution in [0.2, 0.25) is 0 Å². The highest BCUT2D eigenvalue weighted by molar-refractivity contribution is 5.75. The summed E-state index contributed by atoms with van der Waals surface area (Å²) in [5.74, 6) is 0.623. The van der Waals surface area contributed by atoms with Gasteiger partial charge in [-0.25, -0.2) is 4.68 Å². The largest absolute Gasteiger partial charge is 0.488 e. The molecule has 1 N–H and O–H groups in total. The first kappa shape index (κ1) is 14.3. The Morgan fingerprint density at radius 1 is 1.36 bits per heavy atom. The second-order valence-corrected chi connectivity index (χ2v) is 5.33. The second-order valence-electron chi connectivity index (χ2n) is 5.33. The van der Waals surface area contributed by atoms with Crippen molar-refractivity contribution in [3.05, 3.63) is 58.0 Å². The van der Waals surface area contributed by atoms with Crippen molar-refractivity contribution < 1.29 is 9.53 Å². The van der Waals surface area contributed by atoms with Gasteiger partial charge in [0.25, 0.3) is 5.56 Å². The molecule has 1 aromatic carbocycles. The van der Waals surface area contributed by atoms with E-state index in [0.717, 1.165) is 22.4 Å². The predicted octanol–water partition coefficient (Wildman–Crippen LogP) is 0.672. The maximum absolute atomic E-state index is 11.9. The van der Waals surface area contributed by atoms with E-state index in [9.17, 15) is 9.59 Å². The smallest absolute Gasteiger partial charge is 0.267 e. The maximum atomic E-state index is 11.9. The van der Waals surface area contributed by atoms with Gasteiger partial charge >= 0.3 is 0 Å². The Labute approximate surface area is 127 Å². The Morgan fingerprint density at radius 3 is 3.00 bits per heavy atom. The summed E-state index contributed by atoms with van der Waals surface area (Å²) in [6, 6.07) is 10.9. The van der Waals surface area contributed by atoms with Crippen LogP contribution in [0, 0.1) is 6.92 Å². The Bertz CT molecular complexity index is 729. The third-order valence-electron chi connectivity index (χ3n) is 3.53. The number of fused-ring (bicyclic) bond motifs is 1. The average Bonchev–Trinajstić information content (AvgIpc) is 2.92. The molecular weight excluding hydrogens is 282 g/mol. The number of para-hydroxylation sites is 1. The first-order chi connectivity index (χ1) is 10.6. The van der Waals surface area contributed by atoms with Crippen molar-refractivity contribution in [3.63, 3.8) is 0 Å². The van der Waals surface area contributed by atoms with Crippen molar-refractivity contribution in [2.24, 2.45) is 0 Å². The van der Waals surface area contributed by atoms with E-state index in [4.69, 9.17) is 4.74 Å². The molecule has 3 rings (SSSR count). The molecule has 0 unspecified atom stereocenters.